The zero-order valence-corrected chi connectivity index (χ0v) is 19.6. The highest BCUT2D eigenvalue weighted by atomic mass is 16.7. The van der Waals surface area contributed by atoms with Gasteiger partial charge in [-0.1, -0.05) is 31.2 Å². The Hall–Kier alpha value is -1.37. The Morgan fingerprint density at radius 2 is 1.84 bits per heavy atom. The van der Waals surface area contributed by atoms with Crippen molar-refractivity contribution < 1.29 is 14.0 Å². The Balaban J connectivity index is 1.19. The monoisotopic (exact) mass is 424 g/mol. The number of rotatable bonds is 4. The third-order valence-corrected chi connectivity index (χ3v) is 8.85. The molecule has 2 unspecified atom stereocenters. The van der Waals surface area contributed by atoms with Gasteiger partial charge in [0.15, 0.2) is 0 Å². The maximum Gasteiger partial charge on any atom is 0.494 e. The molecular weight excluding hydrogens is 387 g/mol. The third-order valence-electron chi connectivity index (χ3n) is 8.85. The average Bonchev–Trinajstić information content (AvgIpc) is 3.11. The molecule has 3 heterocycles. The molecule has 4 fully saturated rings. The topological polar surface area (TPSA) is 54.8 Å². The van der Waals surface area contributed by atoms with Crippen molar-refractivity contribution in [2.45, 2.75) is 89.4 Å². The van der Waals surface area contributed by atoms with Crippen LogP contribution in [0.5, 0.6) is 0 Å². The van der Waals surface area contributed by atoms with Gasteiger partial charge in [0.25, 0.3) is 0 Å². The Bertz CT molecular complexity index is 828. The zero-order valence-electron chi connectivity index (χ0n) is 19.6. The number of nitrogens with one attached hydrogen (secondary N) is 1. The summed E-state index contributed by atoms with van der Waals surface area (Å²) >= 11 is 0. The van der Waals surface area contributed by atoms with Gasteiger partial charge in [0.2, 0.25) is 0 Å². The van der Waals surface area contributed by atoms with E-state index in [9.17, 15) is 0 Å². The fraction of sp³-hybridized carbons (Fsp3) is 0.720. The molecule has 31 heavy (non-hydrogen) atoms. The first-order chi connectivity index (χ1) is 14.8. The largest absolute Gasteiger partial charge is 0.494 e. The van der Waals surface area contributed by atoms with E-state index in [1.54, 1.807) is 0 Å². The highest BCUT2D eigenvalue weighted by Crippen LogP contribution is 2.64. The van der Waals surface area contributed by atoms with E-state index in [1.807, 2.05) is 0 Å². The van der Waals surface area contributed by atoms with Crippen molar-refractivity contribution in [1.29, 1.82) is 5.41 Å². The summed E-state index contributed by atoms with van der Waals surface area (Å²) in [6.07, 6.45) is 6.73. The van der Waals surface area contributed by atoms with Gasteiger partial charge in [0, 0.05) is 19.7 Å². The molecule has 6 heteroatoms. The molecule has 5 rings (SSSR count). The summed E-state index contributed by atoms with van der Waals surface area (Å²) < 4.78 is 18.4. The number of likely N-dealkylation sites (tertiary alicyclic amines) is 1. The van der Waals surface area contributed by atoms with Gasteiger partial charge in [-0.2, -0.15) is 0 Å². The second-order valence-electron chi connectivity index (χ2n) is 10.8. The highest BCUT2D eigenvalue weighted by molar-refractivity contribution is 6.62. The molecule has 4 aliphatic rings. The van der Waals surface area contributed by atoms with Gasteiger partial charge in [0.05, 0.1) is 11.2 Å². The molecule has 3 saturated heterocycles. The summed E-state index contributed by atoms with van der Waals surface area (Å²) in [5.41, 5.74) is 2.45. The second-order valence-corrected chi connectivity index (χ2v) is 10.8. The van der Waals surface area contributed by atoms with Crippen LogP contribution in [0.3, 0.4) is 0 Å². The molecular formula is C25H37BN2O3. The Kier molecular flexibility index (Phi) is 5.27. The van der Waals surface area contributed by atoms with Crippen molar-refractivity contribution in [1.82, 2.24) is 4.90 Å². The highest BCUT2D eigenvalue weighted by Gasteiger charge is 2.56. The smallest absolute Gasteiger partial charge is 0.399 e. The van der Waals surface area contributed by atoms with Crippen LogP contribution in [-0.4, -0.2) is 54.9 Å². The minimum Gasteiger partial charge on any atom is -0.399 e. The summed E-state index contributed by atoms with van der Waals surface area (Å²) in [4.78, 5) is 2.26. The van der Waals surface area contributed by atoms with Crippen molar-refractivity contribution in [3.05, 3.63) is 29.8 Å². The number of benzene rings is 1. The SMILES string of the molecule is CCC1(C)OB(c2ccc(C3CC34CCN(C(=N)[C@H]3CCCO3)CC4)cc2)OC1(C)C. The molecule has 5 nitrogen and oxygen atoms in total. The number of piperidine rings is 1. The Labute approximate surface area is 187 Å². The lowest BCUT2D eigenvalue weighted by molar-refractivity contribution is -0.0118. The van der Waals surface area contributed by atoms with E-state index in [0.29, 0.717) is 17.2 Å². The first-order valence-electron chi connectivity index (χ1n) is 12.2. The molecule has 1 saturated carbocycles. The summed E-state index contributed by atoms with van der Waals surface area (Å²) in [5.74, 6) is 1.37. The van der Waals surface area contributed by atoms with Crippen LogP contribution in [0.2, 0.25) is 0 Å². The molecule has 1 N–H and O–H groups in total. The Morgan fingerprint density at radius 3 is 2.42 bits per heavy atom. The molecule has 0 aromatic heterocycles. The van der Waals surface area contributed by atoms with Crippen molar-refractivity contribution in [2.24, 2.45) is 5.41 Å². The van der Waals surface area contributed by atoms with Crippen LogP contribution in [0.4, 0.5) is 0 Å². The van der Waals surface area contributed by atoms with Gasteiger partial charge in [-0.05, 0) is 81.7 Å². The third kappa shape index (κ3) is 3.65. The van der Waals surface area contributed by atoms with E-state index < -0.39 is 0 Å². The van der Waals surface area contributed by atoms with Gasteiger partial charge in [-0.15, -0.1) is 0 Å². The quantitative estimate of drug-likeness (QED) is 0.449. The van der Waals surface area contributed by atoms with Crippen LogP contribution in [0.15, 0.2) is 24.3 Å². The first kappa shape index (κ1) is 21.5. The fourth-order valence-electron chi connectivity index (χ4n) is 5.89. The molecule has 0 bridgehead atoms. The average molecular weight is 424 g/mol. The predicted molar refractivity (Wildman–Crippen MR) is 124 cm³/mol. The standard InChI is InChI=1S/C25H37BN2O3/c1-5-24(4)23(2,3)30-26(31-24)19-10-8-18(9-11-19)20-17-25(20)12-14-28(15-13-25)22(27)21-7-6-16-29-21/h8-11,20-21,27H,5-7,12-17H2,1-4H3/t20?,21-,24?/m1/s1. The maximum atomic E-state index is 8.50. The number of ether oxygens (including phenoxy) is 1. The molecule has 0 radical (unpaired) electrons. The predicted octanol–water partition coefficient (Wildman–Crippen LogP) is 4.10. The lowest BCUT2D eigenvalue weighted by Crippen LogP contribution is -2.44. The van der Waals surface area contributed by atoms with Crippen LogP contribution in [0.25, 0.3) is 0 Å². The molecule has 1 aliphatic carbocycles. The van der Waals surface area contributed by atoms with Crippen LogP contribution >= 0.6 is 0 Å². The molecule has 168 valence electrons. The van der Waals surface area contributed by atoms with Gasteiger partial charge < -0.3 is 18.9 Å². The molecule has 3 atom stereocenters. The molecule has 1 spiro atoms. The minimum atomic E-state index is -0.295. The van der Waals surface area contributed by atoms with E-state index in [2.05, 4.69) is 56.9 Å². The van der Waals surface area contributed by atoms with E-state index in [1.165, 1.54) is 24.8 Å². The molecule has 0 amide bonds. The van der Waals surface area contributed by atoms with Crippen molar-refractivity contribution in [3.8, 4) is 0 Å². The van der Waals surface area contributed by atoms with E-state index in [4.69, 9.17) is 19.5 Å². The molecule has 3 aliphatic heterocycles. The summed E-state index contributed by atoms with van der Waals surface area (Å²) in [6, 6.07) is 8.98. The van der Waals surface area contributed by atoms with Crippen molar-refractivity contribution in [2.75, 3.05) is 19.7 Å². The van der Waals surface area contributed by atoms with E-state index >= 15 is 0 Å². The van der Waals surface area contributed by atoms with Crippen LogP contribution in [0, 0.1) is 10.8 Å². The molecule has 1 aromatic rings. The van der Waals surface area contributed by atoms with Gasteiger partial charge in [-0.3, -0.25) is 5.41 Å². The summed E-state index contributed by atoms with van der Waals surface area (Å²) in [6.45, 7) is 11.4. The second kappa shape index (κ2) is 7.60. The number of amidine groups is 1. The van der Waals surface area contributed by atoms with Crippen LogP contribution < -0.4 is 5.46 Å². The zero-order chi connectivity index (χ0) is 21.9. The summed E-state index contributed by atoms with van der Waals surface area (Å²) in [5, 5.41) is 8.50. The van der Waals surface area contributed by atoms with E-state index in [0.717, 1.165) is 44.4 Å². The van der Waals surface area contributed by atoms with Crippen LogP contribution in [-0.2, 0) is 14.0 Å². The lowest BCUT2D eigenvalue weighted by Gasteiger charge is -2.36. The van der Waals surface area contributed by atoms with Crippen molar-refractivity contribution >= 4 is 18.4 Å². The normalized spacial score (nSPS) is 33.8. The molecule has 1 aromatic carbocycles. The summed E-state index contributed by atoms with van der Waals surface area (Å²) in [7, 11) is -0.283. The van der Waals surface area contributed by atoms with Gasteiger partial charge in [-0.25, -0.2) is 0 Å². The number of hydrogen-bond donors (Lipinski definition) is 1. The Morgan fingerprint density at radius 1 is 1.13 bits per heavy atom. The maximum absolute atomic E-state index is 8.50. The van der Waals surface area contributed by atoms with Crippen molar-refractivity contribution in [3.63, 3.8) is 0 Å². The minimum absolute atomic E-state index is 0.0381. The number of nitrogens with zero attached hydrogens (tertiary/aromatic N) is 1. The van der Waals surface area contributed by atoms with Crippen LogP contribution in [0.1, 0.15) is 77.7 Å². The van der Waals surface area contributed by atoms with Gasteiger partial charge >= 0.3 is 7.12 Å². The fourth-order valence-corrected chi connectivity index (χ4v) is 5.89. The van der Waals surface area contributed by atoms with E-state index in [-0.39, 0.29) is 24.4 Å². The lowest BCUT2D eigenvalue weighted by atomic mass is 9.78. The number of hydrogen-bond acceptors (Lipinski definition) is 4. The first-order valence-corrected chi connectivity index (χ1v) is 12.2. The van der Waals surface area contributed by atoms with Gasteiger partial charge in [0.1, 0.15) is 11.9 Å².